The second kappa shape index (κ2) is 8.98. The summed E-state index contributed by atoms with van der Waals surface area (Å²) < 4.78 is 52.1. The van der Waals surface area contributed by atoms with Gasteiger partial charge in [-0.25, -0.2) is 17.2 Å². The zero-order valence-electron chi connectivity index (χ0n) is 18.9. The van der Waals surface area contributed by atoms with E-state index in [4.69, 9.17) is 0 Å². The van der Waals surface area contributed by atoms with Crippen molar-refractivity contribution in [3.05, 3.63) is 89.5 Å². The molecule has 0 N–H and O–H groups in total. The number of hydrogen-bond acceptors (Lipinski definition) is 4. The molecule has 1 heterocycles. The molecule has 176 valence electrons. The highest BCUT2D eigenvalue weighted by atomic mass is 32.2. The van der Waals surface area contributed by atoms with Crippen LogP contribution in [0.5, 0.6) is 0 Å². The number of amides is 1. The molecule has 3 aromatic rings. The number of carbonyl (C=O) groups excluding carboxylic acids is 1. The first-order valence-corrected chi connectivity index (χ1v) is 12.4. The zero-order chi connectivity index (χ0) is 24.6. The molecule has 6 nitrogen and oxygen atoms in total. The number of hydrogen-bond donors (Lipinski definition) is 0. The van der Waals surface area contributed by atoms with Crippen LogP contribution in [0.15, 0.2) is 71.7 Å². The molecule has 0 spiro atoms. The van der Waals surface area contributed by atoms with Crippen molar-refractivity contribution in [2.75, 3.05) is 22.5 Å². The van der Waals surface area contributed by atoms with Crippen LogP contribution in [0.1, 0.15) is 29.3 Å². The van der Waals surface area contributed by atoms with Crippen molar-refractivity contribution >= 4 is 38.7 Å². The third-order valence-electron chi connectivity index (χ3n) is 5.74. The minimum atomic E-state index is -3.43. The number of aliphatic imine (C=N–C) groups is 1. The summed E-state index contributed by atoms with van der Waals surface area (Å²) in [5.74, 6) is -1.13. The Morgan fingerprint density at radius 1 is 1.00 bits per heavy atom. The first kappa shape index (κ1) is 23.6. The molecule has 1 aliphatic heterocycles. The Morgan fingerprint density at radius 3 is 2.24 bits per heavy atom. The highest BCUT2D eigenvalue weighted by Gasteiger charge is 2.32. The van der Waals surface area contributed by atoms with Crippen molar-refractivity contribution in [3.63, 3.8) is 0 Å². The van der Waals surface area contributed by atoms with Gasteiger partial charge in [-0.3, -0.25) is 14.1 Å². The van der Waals surface area contributed by atoms with Gasteiger partial charge < -0.3 is 4.90 Å². The van der Waals surface area contributed by atoms with Crippen LogP contribution in [0.3, 0.4) is 0 Å². The predicted octanol–water partition coefficient (Wildman–Crippen LogP) is 4.92. The first-order chi connectivity index (χ1) is 16.0. The van der Waals surface area contributed by atoms with Crippen LogP contribution in [0, 0.1) is 11.6 Å². The molecular formula is C25H23F2N3O3S. The summed E-state index contributed by atoms with van der Waals surface area (Å²) in [6.45, 7) is 1.87. The van der Waals surface area contributed by atoms with E-state index in [1.807, 2.05) is 6.92 Å². The Balaban J connectivity index is 1.71. The van der Waals surface area contributed by atoms with E-state index in [2.05, 4.69) is 4.99 Å². The quantitative estimate of drug-likeness (QED) is 0.529. The number of anilines is 2. The number of sulfonamides is 1. The first-order valence-electron chi connectivity index (χ1n) is 10.5. The second-order valence-corrected chi connectivity index (χ2v) is 10.2. The highest BCUT2D eigenvalue weighted by molar-refractivity contribution is 7.92. The molecule has 0 bridgehead atoms. The van der Waals surface area contributed by atoms with Crippen molar-refractivity contribution in [1.29, 1.82) is 0 Å². The summed E-state index contributed by atoms with van der Waals surface area (Å²) in [5, 5.41) is 0. The third kappa shape index (κ3) is 4.70. The summed E-state index contributed by atoms with van der Waals surface area (Å²) in [7, 11) is -1.99. The average Bonchev–Trinajstić information content (AvgIpc) is 2.79. The van der Waals surface area contributed by atoms with Gasteiger partial charge in [0.2, 0.25) is 10.0 Å². The fourth-order valence-corrected chi connectivity index (χ4v) is 4.40. The van der Waals surface area contributed by atoms with Crippen LogP contribution in [0.4, 0.5) is 25.8 Å². The van der Waals surface area contributed by atoms with Gasteiger partial charge >= 0.3 is 0 Å². The molecule has 1 atom stereocenters. The largest absolute Gasteiger partial charge is 0.305 e. The number of halogens is 2. The fraction of sp³-hybridized carbons (Fsp3) is 0.200. The highest BCUT2D eigenvalue weighted by Crippen LogP contribution is 2.34. The van der Waals surface area contributed by atoms with Gasteiger partial charge in [-0.15, -0.1) is 0 Å². The van der Waals surface area contributed by atoms with E-state index < -0.39 is 15.8 Å². The van der Waals surface area contributed by atoms with Gasteiger partial charge in [0.25, 0.3) is 5.91 Å². The second-order valence-electron chi connectivity index (χ2n) is 8.20. The van der Waals surface area contributed by atoms with Gasteiger partial charge in [-0.1, -0.05) is 0 Å². The van der Waals surface area contributed by atoms with Crippen LogP contribution < -0.4 is 9.21 Å². The fourth-order valence-electron chi connectivity index (χ4n) is 3.90. The molecule has 1 unspecified atom stereocenters. The zero-order valence-corrected chi connectivity index (χ0v) is 19.7. The smallest absolute Gasteiger partial charge is 0.258 e. The molecule has 0 saturated heterocycles. The Kier molecular flexibility index (Phi) is 6.22. The van der Waals surface area contributed by atoms with Crippen molar-refractivity contribution in [2.24, 2.45) is 4.99 Å². The minimum absolute atomic E-state index is 0.289. The Bertz CT molecular complexity index is 1370. The van der Waals surface area contributed by atoms with Crippen molar-refractivity contribution in [3.8, 4) is 0 Å². The number of fused-ring (bicyclic) bond motifs is 1. The number of carbonyl (C=O) groups is 1. The van der Waals surface area contributed by atoms with E-state index >= 15 is 0 Å². The van der Waals surface area contributed by atoms with Crippen molar-refractivity contribution in [2.45, 2.75) is 19.4 Å². The van der Waals surface area contributed by atoms with Gasteiger partial charge in [0.15, 0.2) is 0 Å². The normalized spacial score (nSPS) is 16.9. The summed E-state index contributed by atoms with van der Waals surface area (Å²) in [6, 6.07) is 15.8. The molecule has 0 aliphatic carbocycles. The molecule has 3 aromatic carbocycles. The van der Waals surface area contributed by atoms with Gasteiger partial charge in [0.1, 0.15) is 11.6 Å². The van der Waals surface area contributed by atoms with E-state index in [-0.39, 0.29) is 17.8 Å². The minimum Gasteiger partial charge on any atom is -0.305 e. The average molecular weight is 484 g/mol. The standard InChI is InChI=1S/C25H23F2N3O3S/c1-16-14-23(28-20-9-6-18(26)7-10-20)22-15-19(27)8-13-24(22)30(16)25(31)17-4-11-21(12-5-17)29(2)34(3,32)33/h4-13,15-16H,14H2,1-3H3. The molecule has 0 radical (unpaired) electrons. The maximum atomic E-state index is 14.2. The van der Waals surface area contributed by atoms with Crippen molar-refractivity contribution in [1.82, 2.24) is 0 Å². The van der Waals surface area contributed by atoms with Gasteiger partial charge in [-0.2, -0.15) is 0 Å². The van der Waals surface area contributed by atoms with Gasteiger partial charge in [-0.05, 0) is 73.7 Å². The van der Waals surface area contributed by atoms with E-state index in [0.29, 0.717) is 40.3 Å². The molecule has 4 rings (SSSR count). The summed E-state index contributed by atoms with van der Waals surface area (Å²) >= 11 is 0. The third-order valence-corrected chi connectivity index (χ3v) is 6.95. The van der Waals surface area contributed by atoms with Gasteiger partial charge in [0.05, 0.1) is 29.0 Å². The SMILES string of the molecule is CC1CC(=Nc2ccc(F)cc2)c2cc(F)ccc2N1C(=O)c1ccc(N(C)S(C)(=O)=O)cc1. The maximum Gasteiger partial charge on any atom is 0.258 e. The summed E-state index contributed by atoms with van der Waals surface area (Å²) in [4.78, 5) is 19.6. The van der Waals surface area contributed by atoms with Crippen LogP contribution in [0.25, 0.3) is 0 Å². The summed E-state index contributed by atoms with van der Waals surface area (Å²) in [5.41, 5.74) is 2.94. The lowest BCUT2D eigenvalue weighted by molar-refractivity contribution is 0.0978. The molecule has 1 aliphatic rings. The monoisotopic (exact) mass is 483 g/mol. The van der Waals surface area contributed by atoms with Crippen molar-refractivity contribution < 1.29 is 22.0 Å². The predicted molar refractivity (Wildman–Crippen MR) is 130 cm³/mol. The van der Waals surface area contributed by atoms with Gasteiger partial charge in [0, 0.05) is 30.6 Å². The van der Waals surface area contributed by atoms with E-state index in [0.717, 1.165) is 10.6 Å². The number of nitrogens with zero attached hydrogens (tertiary/aromatic N) is 3. The Hall–Kier alpha value is -3.59. The number of rotatable bonds is 4. The van der Waals surface area contributed by atoms with Crippen LogP contribution in [0.2, 0.25) is 0 Å². The lowest BCUT2D eigenvalue weighted by atomic mass is 9.93. The molecule has 1 amide bonds. The molecule has 34 heavy (non-hydrogen) atoms. The van der Waals surface area contributed by atoms with E-state index in [1.54, 1.807) is 47.4 Å². The number of benzene rings is 3. The topological polar surface area (TPSA) is 70.1 Å². The molecular weight excluding hydrogens is 460 g/mol. The molecule has 0 fully saturated rings. The van der Waals surface area contributed by atoms with E-state index in [9.17, 15) is 22.0 Å². The Labute approximate surface area is 197 Å². The Morgan fingerprint density at radius 2 is 1.62 bits per heavy atom. The van der Waals surface area contributed by atoms with Crippen LogP contribution >= 0.6 is 0 Å². The molecule has 0 saturated carbocycles. The van der Waals surface area contributed by atoms with Crippen LogP contribution in [-0.2, 0) is 10.0 Å². The lowest BCUT2D eigenvalue weighted by Gasteiger charge is -2.36. The van der Waals surface area contributed by atoms with E-state index in [1.165, 1.54) is 31.3 Å². The summed E-state index contributed by atoms with van der Waals surface area (Å²) in [6.07, 6.45) is 1.47. The van der Waals surface area contributed by atoms with Crippen LogP contribution in [-0.4, -0.2) is 39.4 Å². The maximum absolute atomic E-state index is 14.2. The lowest BCUT2D eigenvalue weighted by Crippen LogP contribution is -2.44. The molecule has 0 aromatic heterocycles. The molecule has 9 heteroatoms.